The molecule has 0 radical (unpaired) electrons. The number of para-hydroxylation sites is 1. The highest BCUT2D eigenvalue weighted by atomic mass is 15.2. The van der Waals surface area contributed by atoms with Crippen molar-refractivity contribution < 1.29 is 0 Å². The second kappa shape index (κ2) is 4.40. The Kier molecular flexibility index (Phi) is 2.96. The molecule has 0 heterocycles. The molecule has 16 heavy (non-hydrogen) atoms. The summed E-state index contributed by atoms with van der Waals surface area (Å²) >= 11 is 0. The molecule has 1 fully saturated rings. The number of benzene rings is 1. The maximum atomic E-state index is 9.16. The zero-order chi connectivity index (χ0) is 11.5. The van der Waals surface area contributed by atoms with E-state index in [2.05, 4.69) is 30.5 Å². The largest absolute Gasteiger partial charge is 0.364 e. The monoisotopic (exact) mass is 212 g/mol. The highest BCUT2D eigenvalue weighted by Crippen LogP contribution is 2.35. The zero-order valence-electron chi connectivity index (χ0n) is 9.61. The lowest BCUT2D eigenvalue weighted by Gasteiger charge is -2.26. The standard InChI is InChI=1S/C14H16N2/c1-3-9-16(13-7-8-13)14-11(2)5-4-6-12(14)10-15/h3-6,13H,1,7-9H2,2H3. The lowest BCUT2D eigenvalue weighted by Crippen LogP contribution is -2.27. The fourth-order valence-electron chi connectivity index (χ4n) is 2.08. The number of aryl methyl sites for hydroxylation is 1. The predicted octanol–water partition coefficient (Wildman–Crippen LogP) is 3.02. The van der Waals surface area contributed by atoms with Crippen molar-refractivity contribution in [1.82, 2.24) is 0 Å². The van der Waals surface area contributed by atoms with Gasteiger partial charge in [-0.05, 0) is 31.4 Å². The van der Waals surface area contributed by atoms with Gasteiger partial charge in [0.1, 0.15) is 6.07 Å². The van der Waals surface area contributed by atoms with Crippen LogP contribution in [0.2, 0.25) is 0 Å². The molecule has 2 rings (SSSR count). The summed E-state index contributed by atoms with van der Waals surface area (Å²) in [6.07, 6.45) is 4.37. The maximum absolute atomic E-state index is 9.16. The van der Waals surface area contributed by atoms with Crippen LogP contribution in [-0.2, 0) is 0 Å². The van der Waals surface area contributed by atoms with Gasteiger partial charge in [-0.25, -0.2) is 0 Å². The van der Waals surface area contributed by atoms with Gasteiger partial charge >= 0.3 is 0 Å². The van der Waals surface area contributed by atoms with E-state index in [1.165, 1.54) is 18.4 Å². The summed E-state index contributed by atoms with van der Waals surface area (Å²) < 4.78 is 0. The SMILES string of the molecule is C=CCN(c1c(C)cccc1C#N)C1CC1. The summed E-state index contributed by atoms with van der Waals surface area (Å²) in [5.74, 6) is 0. The zero-order valence-corrected chi connectivity index (χ0v) is 9.61. The van der Waals surface area contributed by atoms with Crippen LogP contribution in [0.4, 0.5) is 5.69 Å². The fourth-order valence-corrected chi connectivity index (χ4v) is 2.08. The average molecular weight is 212 g/mol. The van der Waals surface area contributed by atoms with Crippen LogP contribution in [0.1, 0.15) is 24.0 Å². The van der Waals surface area contributed by atoms with Crippen molar-refractivity contribution in [3.05, 3.63) is 42.0 Å². The predicted molar refractivity (Wildman–Crippen MR) is 66.5 cm³/mol. The van der Waals surface area contributed by atoms with E-state index in [0.29, 0.717) is 6.04 Å². The molecule has 0 saturated heterocycles. The van der Waals surface area contributed by atoms with E-state index in [-0.39, 0.29) is 0 Å². The Morgan fingerprint density at radius 1 is 1.56 bits per heavy atom. The van der Waals surface area contributed by atoms with E-state index >= 15 is 0 Å². The van der Waals surface area contributed by atoms with Gasteiger partial charge < -0.3 is 4.90 Å². The van der Waals surface area contributed by atoms with Crippen molar-refractivity contribution in [2.45, 2.75) is 25.8 Å². The summed E-state index contributed by atoms with van der Waals surface area (Å²) in [7, 11) is 0. The van der Waals surface area contributed by atoms with Gasteiger partial charge in [-0.2, -0.15) is 5.26 Å². The molecule has 1 aliphatic carbocycles. The molecule has 0 atom stereocenters. The molecule has 0 unspecified atom stereocenters. The Hall–Kier alpha value is -1.75. The Labute approximate surface area is 96.8 Å². The lowest BCUT2D eigenvalue weighted by molar-refractivity contribution is 0.855. The molecule has 1 saturated carbocycles. The summed E-state index contributed by atoms with van der Waals surface area (Å²) in [6, 6.07) is 8.78. The molecule has 0 bridgehead atoms. The van der Waals surface area contributed by atoms with E-state index in [1.54, 1.807) is 0 Å². The van der Waals surface area contributed by atoms with Crippen LogP contribution in [0.5, 0.6) is 0 Å². The van der Waals surface area contributed by atoms with Crippen molar-refractivity contribution in [3.63, 3.8) is 0 Å². The van der Waals surface area contributed by atoms with Crippen molar-refractivity contribution in [1.29, 1.82) is 5.26 Å². The highest BCUT2D eigenvalue weighted by Gasteiger charge is 2.30. The van der Waals surface area contributed by atoms with Gasteiger partial charge in [-0.15, -0.1) is 6.58 Å². The van der Waals surface area contributed by atoms with Gasteiger partial charge in [0, 0.05) is 12.6 Å². The van der Waals surface area contributed by atoms with E-state index < -0.39 is 0 Å². The minimum absolute atomic E-state index is 0.603. The summed E-state index contributed by atoms with van der Waals surface area (Å²) in [5.41, 5.74) is 3.04. The number of rotatable bonds is 4. The van der Waals surface area contributed by atoms with Gasteiger partial charge in [0.15, 0.2) is 0 Å². The van der Waals surface area contributed by atoms with Crippen LogP contribution in [-0.4, -0.2) is 12.6 Å². The number of nitriles is 1. The third-order valence-electron chi connectivity index (χ3n) is 2.96. The minimum Gasteiger partial charge on any atom is -0.364 e. The Bertz CT molecular complexity index is 439. The normalized spacial score (nSPS) is 14.2. The van der Waals surface area contributed by atoms with Gasteiger partial charge in [0.05, 0.1) is 11.3 Å². The summed E-state index contributed by atoms with van der Waals surface area (Å²) in [5, 5.41) is 9.16. The van der Waals surface area contributed by atoms with E-state index in [9.17, 15) is 0 Å². The molecule has 0 spiro atoms. The maximum Gasteiger partial charge on any atom is 0.101 e. The first-order valence-electron chi connectivity index (χ1n) is 5.65. The van der Waals surface area contributed by atoms with Crippen molar-refractivity contribution in [3.8, 4) is 6.07 Å². The molecule has 0 amide bonds. The molecule has 1 aliphatic rings. The topological polar surface area (TPSA) is 27.0 Å². The van der Waals surface area contributed by atoms with Crippen LogP contribution in [0, 0.1) is 18.3 Å². The quantitative estimate of drug-likeness (QED) is 0.717. The van der Waals surface area contributed by atoms with Crippen LogP contribution in [0.15, 0.2) is 30.9 Å². The first-order valence-corrected chi connectivity index (χ1v) is 5.65. The fraction of sp³-hybridized carbons (Fsp3) is 0.357. The third-order valence-corrected chi connectivity index (χ3v) is 2.96. The molecule has 0 N–H and O–H groups in total. The van der Waals surface area contributed by atoms with Gasteiger partial charge in [0.2, 0.25) is 0 Å². The van der Waals surface area contributed by atoms with Crippen LogP contribution in [0.25, 0.3) is 0 Å². The van der Waals surface area contributed by atoms with Crippen molar-refractivity contribution >= 4 is 5.69 Å². The van der Waals surface area contributed by atoms with Gasteiger partial charge in [0.25, 0.3) is 0 Å². The van der Waals surface area contributed by atoms with Gasteiger partial charge in [-0.3, -0.25) is 0 Å². The molecule has 0 aliphatic heterocycles. The van der Waals surface area contributed by atoms with Crippen molar-refractivity contribution in [2.75, 3.05) is 11.4 Å². The van der Waals surface area contributed by atoms with Crippen LogP contribution >= 0.6 is 0 Å². The number of anilines is 1. The van der Waals surface area contributed by atoms with Gasteiger partial charge in [-0.1, -0.05) is 18.2 Å². The Morgan fingerprint density at radius 3 is 2.88 bits per heavy atom. The first kappa shape index (κ1) is 10.8. The Balaban J connectivity index is 2.43. The molecule has 82 valence electrons. The van der Waals surface area contributed by atoms with Crippen LogP contribution < -0.4 is 4.90 Å². The second-order valence-corrected chi connectivity index (χ2v) is 4.26. The molecule has 1 aromatic rings. The third kappa shape index (κ3) is 1.94. The molecular weight excluding hydrogens is 196 g/mol. The number of nitrogens with zero attached hydrogens (tertiary/aromatic N) is 2. The van der Waals surface area contributed by atoms with E-state index in [1.807, 2.05) is 18.2 Å². The average Bonchev–Trinajstić information content (AvgIpc) is 3.10. The lowest BCUT2D eigenvalue weighted by atomic mass is 10.1. The summed E-state index contributed by atoms with van der Waals surface area (Å²) in [6.45, 7) is 6.68. The second-order valence-electron chi connectivity index (χ2n) is 4.26. The molecule has 2 nitrogen and oxygen atoms in total. The Morgan fingerprint density at radius 2 is 2.31 bits per heavy atom. The smallest absolute Gasteiger partial charge is 0.101 e. The van der Waals surface area contributed by atoms with E-state index in [4.69, 9.17) is 5.26 Å². The number of hydrogen-bond acceptors (Lipinski definition) is 2. The molecule has 0 aromatic heterocycles. The minimum atomic E-state index is 0.603. The summed E-state index contributed by atoms with van der Waals surface area (Å²) in [4.78, 5) is 2.31. The van der Waals surface area contributed by atoms with Crippen molar-refractivity contribution in [2.24, 2.45) is 0 Å². The molecular formula is C14H16N2. The first-order chi connectivity index (χ1) is 7.77. The molecule has 2 heteroatoms. The number of hydrogen-bond donors (Lipinski definition) is 0. The molecule has 1 aromatic carbocycles. The highest BCUT2D eigenvalue weighted by molar-refractivity contribution is 5.65. The van der Waals surface area contributed by atoms with Crippen LogP contribution in [0.3, 0.4) is 0 Å². The van der Waals surface area contributed by atoms with E-state index in [0.717, 1.165) is 17.8 Å².